The predicted molar refractivity (Wildman–Crippen MR) is 92.4 cm³/mol. The minimum absolute atomic E-state index is 0.0339. The van der Waals surface area contributed by atoms with E-state index in [-0.39, 0.29) is 17.7 Å². The molecule has 3 rings (SSSR count). The van der Waals surface area contributed by atoms with E-state index >= 15 is 0 Å². The van der Waals surface area contributed by atoms with Crippen LogP contribution in [0.1, 0.15) is 23.7 Å². The first kappa shape index (κ1) is 16.5. The zero-order valence-electron chi connectivity index (χ0n) is 12.5. The molecule has 1 fully saturated rings. The lowest BCUT2D eigenvalue weighted by Gasteiger charge is -2.06. The molecule has 0 saturated heterocycles. The van der Waals surface area contributed by atoms with E-state index in [0.717, 1.165) is 17.8 Å². The highest BCUT2D eigenvalue weighted by molar-refractivity contribution is 7.71. The Morgan fingerprint density at radius 3 is 3.00 bits per heavy atom. The standard InChI is InChI=1S/C15H16Cl2N4OS/c1-21-12(19-20-15(21)23)5-6-18-14(22)10-7-9(10)8-3-2-4-11(16)13(8)17/h2-4,9-10H,5-7H2,1H3,(H,18,22)(H,20,23)/t9-,10-/m0/s1. The van der Waals surface area contributed by atoms with Crippen LogP contribution in [0.15, 0.2) is 18.2 Å². The van der Waals surface area contributed by atoms with Crippen LogP contribution >= 0.6 is 35.4 Å². The number of halogens is 2. The second-order valence-electron chi connectivity index (χ2n) is 5.64. The molecule has 1 amide bonds. The molecule has 8 heteroatoms. The van der Waals surface area contributed by atoms with Crippen molar-refractivity contribution in [2.45, 2.75) is 18.8 Å². The number of nitrogens with one attached hydrogen (secondary N) is 2. The summed E-state index contributed by atoms with van der Waals surface area (Å²) in [5.74, 6) is 0.985. The lowest BCUT2D eigenvalue weighted by molar-refractivity contribution is -0.122. The molecule has 1 aliphatic carbocycles. The molecule has 0 aliphatic heterocycles. The molecule has 122 valence electrons. The van der Waals surface area contributed by atoms with Crippen molar-refractivity contribution >= 4 is 41.3 Å². The van der Waals surface area contributed by atoms with E-state index in [9.17, 15) is 4.79 Å². The Morgan fingerprint density at radius 1 is 1.52 bits per heavy atom. The summed E-state index contributed by atoms with van der Waals surface area (Å²) >= 11 is 17.3. The minimum Gasteiger partial charge on any atom is -0.355 e. The Labute approximate surface area is 149 Å². The van der Waals surface area contributed by atoms with Gasteiger partial charge >= 0.3 is 0 Å². The summed E-state index contributed by atoms with van der Waals surface area (Å²) in [5, 5.41) is 10.9. The monoisotopic (exact) mass is 370 g/mol. The third-order valence-corrected chi connectivity index (χ3v) is 5.33. The number of hydrogen-bond acceptors (Lipinski definition) is 3. The number of aromatic amines is 1. The molecule has 1 aromatic carbocycles. The van der Waals surface area contributed by atoms with Crippen molar-refractivity contribution in [2.24, 2.45) is 13.0 Å². The van der Waals surface area contributed by atoms with Crippen molar-refractivity contribution in [3.63, 3.8) is 0 Å². The Bertz CT molecular complexity index is 801. The molecule has 1 aromatic heterocycles. The van der Waals surface area contributed by atoms with Crippen LogP contribution in [0.2, 0.25) is 10.0 Å². The van der Waals surface area contributed by atoms with Crippen LogP contribution in [0.5, 0.6) is 0 Å². The molecular formula is C15H16Cl2N4OS. The maximum atomic E-state index is 12.2. The molecule has 23 heavy (non-hydrogen) atoms. The van der Waals surface area contributed by atoms with E-state index in [0.29, 0.717) is 27.8 Å². The summed E-state index contributed by atoms with van der Waals surface area (Å²) in [6.07, 6.45) is 1.43. The maximum Gasteiger partial charge on any atom is 0.223 e. The number of carbonyl (C=O) groups is 1. The van der Waals surface area contributed by atoms with Gasteiger partial charge in [-0.15, -0.1) is 0 Å². The molecule has 2 aromatic rings. The fourth-order valence-corrected chi connectivity index (χ4v) is 3.27. The highest BCUT2D eigenvalue weighted by Crippen LogP contribution is 2.50. The van der Waals surface area contributed by atoms with Gasteiger partial charge in [0.1, 0.15) is 5.82 Å². The molecule has 0 unspecified atom stereocenters. The number of rotatable bonds is 5. The van der Waals surface area contributed by atoms with Gasteiger partial charge in [-0.2, -0.15) is 5.10 Å². The van der Waals surface area contributed by atoms with Gasteiger partial charge in [-0.05, 0) is 36.2 Å². The predicted octanol–water partition coefficient (Wildman–Crippen LogP) is 3.25. The summed E-state index contributed by atoms with van der Waals surface area (Å²) in [4.78, 5) is 12.2. The summed E-state index contributed by atoms with van der Waals surface area (Å²) in [6, 6.07) is 5.55. The average molecular weight is 371 g/mol. The fourth-order valence-electron chi connectivity index (χ4n) is 2.67. The van der Waals surface area contributed by atoms with E-state index < -0.39 is 0 Å². The second-order valence-corrected chi connectivity index (χ2v) is 6.81. The molecular weight excluding hydrogens is 355 g/mol. The number of carbonyl (C=O) groups excluding carboxylic acids is 1. The highest BCUT2D eigenvalue weighted by Gasteiger charge is 2.44. The van der Waals surface area contributed by atoms with E-state index in [1.165, 1.54) is 0 Å². The molecule has 0 bridgehead atoms. The lowest BCUT2D eigenvalue weighted by atomic mass is 10.1. The molecule has 5 nitrogen and oxygen atoms in total. The molecule has 2 N–H and O–H groups in total. The van der Waals surface area contributed by atoms with Crippen LogP contribution in [-0.4, -0.2) is 27.2 Å². The van der Waals surface area contributed by atoms with Crippen LogP contribution in [0.4, 0.5) is 0 Å². The minimum atomic E-state index is -0.0339. The van der Waals surface area contributed by atoms with E-state index in [1.54, 1.807) is 10.6 Å². The van der Waals surface area contributed by atoms with Crippen molar-refractivity contribution in [3.8, 4) is 0 Å². The fraction of sp³-hybridized carbons (Fsp3) is 0.400. The number of nitrogens with zero attached hydrogens (tertiary/aromatic N) is 2. The lowest BCUT2D eigenvalue weighted by Crippen LogP contribution is -2.28. The number of benzene rings is 1. The van der Waals surface area contributed by atoms with Gasteiger partial charge in [0, 0.05) is 25.9 Å². The Balaban J connectivity index is 1.53. The summed E-state index contributed by atoms with van der Waals surface area (Å²) < 4.78 is 2.37. The second kappa shape index (κ2) is 6.63. The zero-order valence-corrected chi connectivity index (χ0v) is 14.8. The molecule has 1 aliphatic rings. The summed E-state index contributed by atoms with van der Waals surface area (Å²) in [7, 11) is 1.85. The number of aromatic nitrogens is 3. The summed E-state index contributed by atoms with van der Waals surface area (Å²) in [6.45, 7) is 0.527. The van der Waals surface area contributed by atoms with E-state index in [1.807, 2.05) is 19.2 Å². The number of hydrogen-bond donors (Lipinski definition) is 2. The SMILES string of the molecule is Cn1c(CCNC(=O)[C@H]2C[C@H]2c2cccc(Cl)c2Cl)n[nH]c1=S. The first-order chi connectivity index (χ1) is 11.0. The normalized spacial score (nSPS) is 19.6. The van der Waals surface area contributed by atoms with Crippen molar-refractivity contribution < 1.29 is 4.79 Å². The largest absolute Gasteiger partial charge is 0.355 e. The highest BCUT2D eigenvalue weighted by atomic mass is 35.5. The Hall–Kier alpha value is -1.37. The van der Waals surface area contributed by atoms with Gasteiger partial charge in [0.2, 0.25) is 5.91 Å². The number of H-pyrrole nitrogens is 1. The van der Waals surface area contributed by atoms with Gasteiger partial charge in [0.25, 0.3) is 0 Å². The van der Waals surface area contributed by atoms with Crippen LogP contribution in [0.25, 0.3) is 0 Å². The summed E-state index contributed by atoms with van der Waals surface area (Å²) in [5.41, 5.74) is 0.953. The molecule has 1 saturated carbocycles. The Morgan fingerprint density at radius 2 is 2.30 bits per heavy atom. The maximum absolute atomic E-state index is 12.2. The first-order valence-corrected chi connectivity index (χ1v) is 8.47. The van der Waals surface area contributed by atoms with Crippen LogP contribution < -0.4 is 5.32 Å². The molecule has 0 radical (unpaired) electrons. The smallest absolute Gasteiger partial charge is 0.223 e. The quantitative estimate of drug-likeness (QED) is 0.794. The van der Waals surface area contributed by atoms with Gasteiger partial charge < -0.3 is 9.88 Å². The van der Waals surface area contributed by atoms with E-state index in [2.05, 4.69) is 15.5 Å². The van der Waals surface area contributed by atoms with Crippen molar-refractivity contribution in [2.75, 3.05) is 6.54 Å². The molecule has 1 heterocycles. The average Bonchev–Trinajstić information content (AvgIpc) is 3.26. The van der Waals surface area contributed by atoms with Crippen LogP contribution in [0.3, 0.4) is 0 Å². The van der Waals surface area contributed by atoms with Gasteiger partial charge in [-0.1, -0.05) is 35.3 Å². The van der Waals surface area contributed by atoms with Gasteiger partial charge in [-0.25, -0.2) is 0 Å². The third-order valence-electron chi connectivity index (χ3n) is 4.13. The zero-order chi connectivity index (χ0) is 16.6. The third kappa shape index (κ3) is 3.44. The van der Waals surface area contributed by atoms with Crippen LogP contribution in [0, 0.1) is 10.7 Å². The molecule has 2 atom stereocenters. The van der Waals surface area contributed by atoms with Gasteiger partial charge in [0.05, 0.1) is 10.0 Å². The van der Waals surface area contributed by atoms with Crippen LogP contribution in [-0.2, 0) is 18.3 Å². The van der Waals surface area contributed by atoms with Crippen molar-refractivity contribution in [1.82, 2.24) is 20.1 Å². The first-order valence-electron chi connectivity index (χ1n) is 7.31. The number of amides is 1. The van der Waals surface area contributed by atoms with Crippen molar-refractivity contribution in [3.05, 3.63) is 44.4 Å². The van der Waals surface area contributed by atoms with Gasteiger partial charge in [0.15, 0.2) is 4.77 Å². The van der Waals surface area contributed by atoms with E-state index in [4.69, 9.17) is 35.4 Å². The Kier molecular flexibility index (Phi) is 4.75. The van der Waals surface area contributed by atoms with Crippen molar-refractivity contribution in [1.29, 1.82) is 0 Å². The topological polar surface area (TPSA) is 62.7 Å². The molecule has 0 spiro atoms. The van der Waals surface area contributed by atoms with Gasteiger partial charge in [-0.3, -0.25) is 9.89 Å².